The van der Waals surface area contributed by atoms with Crippen LogP contribution in [0, 0.1) is 11.2 Å². The van der Waals surface area contributed by atoms with Gasteiger partial charge in [0, 0.05) is 12.2 Å². The molecule has 2 nitrogen and oxygen atoms in total. The molecule has 0 radical (unpaired) electrons. The van der Waals surface area contributed by atoms with Gasteiger partial charge in [-0.25, -0.2) is 4.39 Å². The second-order valence-corrected chi connectivity index (χ2v) is 4.61. The number of nitrogens with two attached hydrogens (primary N) is 1. The van der Waals surface area contributed by atoms with Gasteiger partial charge in [-0.2, -0.15) is 0 Å². The summed E-state index contributed by atoms with van der Waals surface area (Å²) in [7, 11) is 0. The standard InChI is InChI=1S/C12H19FN2/c1-4-12(2,3)8-15-11-6-5-9(14)7-10(11)13/h5-7,15H,4,8,14H2,1-3H3. The minimum absolute atomic E-state index is 0.174. The number of hydrogen-bond acceptors (Lipinski definition) is 2. The Balaban J connectivity index is 2.66. The van der Waals surface area contributed by atoms with E-state index in [-0.39, 0.29) is 11.2 Å². The highest BCUT2D eigenvalue weighted by atomic mass is 19.1. The molecule has 0 aliphatic heterocycles. The van der Waals surface area contributed by atoms with Gasteiger partial charge in [0.25, 0.3) is 0 Å². The Hall–Kier alpha value is -1.25. The second kappa shape index (κ2) is 4.51. The van der Waals surface area contributed by atoms with Crippen LogP contribution in [0.25, 0.3) is 0 Å². The van der Waals surface area contributed by atoms with Crippen molar-refractivity contribution < 1.29 is 4.39 Å². The van der Waals surface area contributed by atoms with Gasteiger partial charge in [-0.3, -0.25) is 0 Å². The van der Waals surface area contributed by atoms with Crippen LogP contribution in [0.2, 0.25) is 0 Å². The van der Waals surface area contributed by atoms with E-state index in [1.165, 1.54) is 6.07 Å². The van der Waals surface area contributed by atoms with Crippen LogP contribution in [-0.4, -0.2) is 6.54 Å². The quantitative estimate of drug-likeness (QED) is 0.748. The summed E-state index contributed by atoms with van der Waals surface area (Å²) < 4.78 is 13.4. The zero-order chi connectivity index (χ0) is 11.5. The number of benzene rings is 1. The summed E-state index contributed by atoms with van der Waals surface area (Å²) in [5, 5.41) is 3.10. The van der Waals surface area contributed by atoms with Crippen molar-refractivity contribution in [1.29, 1.82) is 0 Å². The van der Waals surface area contributed by atoms with Gasteiger partial charge in [0.1, 0.15) is 5.82 Å². The Bertz CT molecular complexity index is 334. The molecule has 0 aliphatic rings. The van der Waals surface area contributed by atoms with E-state index in [2.05, 4.69) is 26.1 Å². The molecule has 0 aromatic heterocycles. The van der Waals surface area contributed by atoms with Crippen LogP contribution in [0.3, 0.4) is 0 Å². The van der Waals surface area contributed by atoms with Crippen molar-refractivity contribution in [1.82, 2.24) is 0 Å². The SMILES string of the molecule is CCC(C)(C)CNc1ccc(N)cc1F. The topological polar surface area (TPSA) is 38.0 Å². The maximum atomic E-state index is 13.4. The molecule has 3 N–H and O–H groups in total. The fraction of sp³-hybridized carbons (Fsp3) is 0.500. The molecule has 0 saturated heterocycles. The third-order valence-corrected chi connectivity index (χ3v) is 2.71. The van der Waals surface area contributed by atoms with Crippen LogP contribution < -0.4 is 11.1 Å². The van der Waals surface area contributed by atoms with Crippen LogP contribution >= 0.6 is 0 Å². The molecule has 0 saturated carbocycles. The summed E-state index contributed by atoms with van der Waals surface area (Å²) in [6, 6.07) is 4.71. The van der Waals surface area contributed by atoms with E-state index in [9.17, 15) is 4.39 Å². The minimum atomic E-state index is -0.290. The highest BCUT2D eigenvalue weighted by Crippen LogP contribution is 2.22. The first-order valence-electron chi connectivity index (χ1n) is 5.23. The normalized spacial score (nSPS) is 11.5. The first kappa shape index (κ1) is 11.8. The molecule has 0 spiro atoms. The Morgan fingerprint density at radius 2 is 2.07 bits per heavy atom. The molecule has 0 atom stereocenters. The number of anilines is 2. The van der Waals surface area contributed by atoms with E-state index in [1.54, 1.807) is 12.1 Å². The van der Waals surface area contributed by atoms with Crippen LogP contribution in [0.15, 0.2) is 18.2 Å². The average molecular weight is 210 g/mol. The lowest BCUT2D eigenvalue weighted by atomic mass is 9.90. The predicted molar refractivity (Wildman–Crippen MR) is 63.4 cm³/mol. The molecule has 0 unspecified atom stereocenters. The molecule has 84 valence electrons. The molecule has 0 fully saturated rings. The van der Waals surface area contributed by atoms with E-state index in [0.29, 0.717) is 11.4 Å². The van der Waals surface area contributed by atoms with Gasteiger partial charge < -0.3 is 11.1 Å². The zero-order valence-corrected chi connectivity index (χ0v) is 9.60. The molecule has 1 aromatic rings. The van der Waals surface area contributed by atoms with Crippen molar-refractivity contribution in [3.05, 3.63) is 24.0 Å². The van der Waals surface area contributed by atoms with E-state index in [4.69, 9.17) is 5.73 Å². The predicted octanol–water partition coefficient (Wildman–Crippen LogP) is 3.26. The summed E-state index contributed by atoms with van der Waals surface area (Å²) >= 11 is 0. The molecule has 0 amide bonds. The van der Waals surface area contributed by atoms with Crippen molar-refractivity contribution in [3.8, 4) is 0 Å². The van der Waals surface area contributed by atoms with Gasteiger partial charge in [-0.15, -0.1) is 0 Å². The number of nitrogen functional groups attached to an aromatic ring is 1. The molecular formula is C12H19FN2. The molecule has 0 aliphatic carbocycles. The first-order valence-corrected chi connectivity index (χ1v) is 5.23. The second-order valence-electron chi connectivity index (χ2n) is 4.61. The smallest absolute Gasteiger partial charge is 0.148 e. The summed E-state index contributed by atoms with van der Waals surface area (Å²) in [5.74, 6) is -0.290. The number of halogens is 1. The highest BCUT2D eigenvalue weighted by Gasteiger charge is 2.15. The minimum Gasteiger partial charge on any atom is -0.399 e. The Morgan fingerprint density at radius 3 is 2.60 bits per heavy atom. The van der Waals surface area contributed by atoms with Crippen molar-refractivity contribution in [3.63, 3.8) is 0 Å². The lowest BCUT2D eigenvalue weighted by Gasteiger charge is -2.23. The molecule has 15 heavy (non-hydrogen) atoms. The monoisotopic (exact) mass is 210 g/mol. The number of rotatable bonds is 4. The molecule has 1 aromatic carbocycles. The third-order valence-electron chi connectivity index (χ3n) is 2.71. The van der Waals surface area contributed by atoms with Crippen molar-refractivity contribution in [2.24, 2.45) is 5.41 Å². The van der Waals surface area contributed by atoms with Crippen molar-refractivity contribution in [2.45, 2.75) is 27.2 Å². The van der Waals surface area contributed by atoms with Crippen LogP contribution in [0.4, 0.5) is 15.8 Å². The fourth-order valence-corrected chi connectivity index (χ4v) is 1.13. The first-order chi connectivity index (χ1) is 6.94. The van der Waals surface area contributed by atoms with Gasteiger partial charge in [-0.05, 0) is 30.0 Å². The Kier molecular flexibility index (Phi) is 3.56. The van der Waals surface area contributed by atoms with Gasteiger partial charge in [-0.1, -0.05) is 20.8 Å². The van der Waals surface area contributed by atoms with E-state index in [1.807, 2.05) is 0 Å². The fourth-order valence-electron chi connectivity index (χ4n) is 1.13. The largest absolute Gasteiger partial charge is 0.399 e. The summed E-state index contributed by atoms with van der Waals surface area (Å²) in [6.45, 7) is 7.18. The van der Waals surface area contributed by atoms with Gasteiger partial charge >= 0.3 is 0 Å². The van der Waals surface area contributed by atoms with Gasteiger partial charge in [0.15, 0.2) is 0 Å². The highest BCUT2D eigenvalue weighted by molar-refractivity contribution is 5.52. The molecule has 1 rings (SSSR count). The Morgan fingerprint density at radius 1 is 1.40 bits per heavy atom. The summed E-state index contributed by atoms with van der Waals surface area (Å²) in [6.07, 6.45) is 1.05. The maximum Gasteiger partial charge on any atom is 0.148 e. The molecule has 0 heterocycles. The van der Waals surface area contributed by atoms with Crippen LogP contribution in [0.5, 0.6) is 0 Å². The molecule has 3 heteroatoms. The third kappa shape index (κ3) is 3.42. The number of nitrogens with one attached hydrogen (secondary N) is 1. The van der Waals surface area contributed by atoms with E-state index < -0.39 is 0 Å². The summed E-state index contributed by atoms with van der Waals surface area (Å²) in [5.41, 5.74) is 6.61. The number of hydrogen-bond donors (Lipinski definition) is 2. The van der Waals surface area contributed by atoms with Crippen LogP contribution in [0.1, 0.15) is 27.2 Å². The lowest BCUT2D eigenvalue weighted by Crippen LogP contribution is -2.22. The van der Waals surface area contributed by atoms with Crippen molar-refractivity contribution in [2.75, 3.05) is 17.6 Å². The van der Waals surface area contributed by atoms with Gasteiger partial charge in [0.2, 0.25) is 0 Å². The summed E-state index contributed by atoms with van der Waals surface area (Å²) in [4.78, 5) is 0. The lowest BCUT2D eigenvalue weighted by molar-refractivity contribution is 0.376. The average Bonchev–Trinajstić information content (AvgIpc) is 2.16. The zero-order valence-electron chi connectivity index (χ0n) is 9.60. The van der Waals surface area contributed by atoms with Gasteiger partial charge in [0.05, 0.1) is 5.69 Å². The molecular weight excluding hydrogens is 191 g/mol. The van der Waals surface area contributed by atoms with E-state index in [0.717, 1.165) is 13.0 Å². The molecule has 0 bridgehead atoms. The van der Waals surface area contributed by atoms with Crippen molar-refractivity contribution >= 4 is 11.4 Å². The Labute approximate surface area is 90.7 Å². The van der Waals surface area contributed by atoms with Crippen LogP contribution in [-0.2, 0) is 0 Å². The van der Waals surface area contributed by atoms with E-state index >= 15 is 0 Å². The maximum absolute atomic E-state index is 13.4.